The maximum Gasteiger partial charge on any atom is 0.359 e. The smallest absolute Gasteiger partial charge is 0.359 e. The standard InChI is InChI=1S/C5H8N3O3P/c1-3-4(12(9,10)11)2-7-5(6)8-3/h2H,1H3,(H2,6,7,8)(H2,9,10,11). The summed E-state index contributed by atoms with van der Waals surface area (Å²) in [6.07, 6.45) is 1.04. The molecule has 0 aliphatic heterocycles. The zero-order valence-electron chi connectivity index (χ0n) is 6.30. The van der Waals surface area contributed by atoms with Crippen molar-refractivity contribution in [3.63, 3.8) is 0 Å². The summed E-state index contributed by atoms with van der Waals surface area (Å²) >= 11 is 0. The highest BCUT2D eigenvalue weighted by molar-refractivity contribution is 7.60. The number of aryl methyl sites for hydroxylation is 1. The van der Waals surface area contributed by atoms with Crippen LogP contribution in [0.1, 0.15) is 5.69 Å². The molecule has 0 fully saturated rings. The molecule has 7 heteroatoms. The third-order valence-corrected chi connectivity index (χ3v) is 2.35. The summed E-state index contributed by atoms with van der Waals surface area (Å²) in [5, 5.41) is -0.184. The Bertz CT molecular complexity index is 348. The maximum atomic E-state index is 10.7. The Morgan fingerprint density at radius 1 is 1.58 bits per heavy atom. The van der Waals surface area contributed by atoms with Gasteiger partial charge in [-0.3, -0.25) is 4.57 Å². The first-order valence-electron chi connectivity index (χ1n) is 3.06. The predicted molar refractivity (Wildman–Crippen MR) is 42.9 cm³/mol. The molecule has 1 aromatic heterocycles. The van der Waals surface area contributed by atoms with Crippen LogP contribution in [0.25, 0.3) is 0 Å². The van der Waals surface area contributed by atoms with E-state index in [-0.39, 0.29) is 16.9 Å². The fourth-order valence-corrected chi connectivity index (χ4v) is 1.44. The van der Waals surface area contributed by atoms with Crippen molar-refractivity contribution in [1.29, 1.82) is 0 Å². The summed E-state index contributed by atoms with van der Waals surface area (Å²) in [7, 11) is -4.26. The molecule has 0 amide bonds. The Balaban J connectivity index is 3.28. The predicted octanol–water partition coefficient (Wildman–Crippen LogP) is -0.830. The van der Waals surface area contributed by atoms with E-state index in [0.29, 0.717) is 0 Å². The lowest BCUT2D eigenvalue weighted by atomic mass is 10.4. The van der Waals surface area contributed by atoms with Crippen molar-refractivity contribution in [3.8, 4) is 0 Å². The first kappa shape index (κ1) is 9.12. The molecule has 0 radical (unpaired) electrons. The molecule has 0 bridgehead atoms. The Morgan fingerprint density at radius 3 is 2.58 bits per heavy atom. The van der Waals surface area contributed by atoms with Crippen LogP contribution in [0.2, 0.25) is 0 Å². The van der Waals surface area contributed by atoms with Crippen LogP contribution in [-0.4, -0.2) is 19.8 Å². The van der Waals surface area contributed by atoms with Gasteiger partial charge in [0.25, 0.3) is 0 Å². The van der Waals surface area contributed by atoms with Crippen molar-refractivity contribution in [1.82, 2.24) is 9.97 Å². The van der Waals surface area contributed by atoms with Crippen molar-refractivity contribution in [3.05, 3.63) is 11.9 Å². The Kier molecular flexibility index (Phi) is 2.14. The number of anilines is 1. The van der Waals surface area contributed by atoms with Gasteiger partial charge in [-0.15, -0.1) is 0 Å². The molecule has 0 saturated heterocycles. The molecule has 0 atom stereocenters. The van der Waals surface area contributed by atoms with Crippen molar-refractivity contribution < 1.29 is 14.4 Å². The van der Waals surface area contributed by atoms with Gasteiger partial charge in [0.1, 0.15) is 5.30 Å². The summed E-state index contributed by atoms with van der Waals surface area (Å²) < 4.78 is 10.7. The van der Waals surface area contributed by atoms with Crippen LogP contribution in [0.4, 0.5) is 5.95 Å². The highest BCUT2D eigenvalue weighted by atomic mass is 31.2. The van der Waals surface area contributed by atoms with Gasteiger partial charge in [-0.25, -0.2) is 9.97 Å². The van der Waals surface area contributed by atoms with E-state index in [1.54, 1.807) is 0 Å². The molecule has 12 heavy (non-hydrogen) atoms. The van der Waals surface area contributed by atoms with Crippen LogP contribution in [0, 0.1) is 6.92 Å². The molecule has 1 aromatic rings. The van der Waals surface area contributed by atoms with E-state index in [1.807, 2.05) is 0 Å². The Labute approximate surface area is 68.6 Å². The van der Waals surface area contributed by atoms with Crippen LogP contribution in [0.5, 0.6) is 0 Å². The Morgan fingerprint density at radius 2 is 2.17 bits per heavy atom. The molecular formula is C5H8N3O3P. The molecule has 1 rings (SSSR count). The van der Waals surface area contributed by atoms with Gasteiger partial charge in [0, 0.05) is 6.20 Å². The van der Waals surface area contributed by atoms with Crippen molar-refractivity contribution in [2.75, 3.05) is 5.73 Å². The number of hydrogen-bond donors (Lipinski definition) is 3. The van der Waals surface area contributed by atoms with E-state index < -0.39 is 7.60 Å². The Hall–Kier alpha value is -0.970. The number of hydrogen-bond acceptors (Lipinski definition) is 4. The normalized spacial score (nSPS) is 11.6. The molecular weight excluding hydrogens is 181 g/mol. The molecule has 0 aromatic carbocycles. The van der Waals surface area contributed by atoms with Crippen LogP contribution in [0.3, 0.4) is 0 Å². The van der Waals surface area contributed by atoms with Gasteiger partial charge >= 0.3 is 7.60 Å². The second kappa shape index (κ2) is 2.82. The summed E-state index contributed by atoms with van der Waals surface area (Å²) in [4.78, 5) is 24.6. The minimum Gasteiger partial charge on any atom is -0.368 e. The van der Waals surface area contributed by atoms with Gasteiger partial charge < -0.3 is 15.5 Å². The van der Waals surface area contributed by atoms with Crippen molar-refractivity contribution in [2.45, 2.75) is 6.92 Å². The fraction of sp³-hybridized carbons (Fsp3) is 0.200. The van der Waals surface area contributed by atoms with Gasteiger partial charge in [0.2, 0.25) is 5.95 Å². The van der Waals surface area contributed by atoms with E-state index >= 15 is 0 Å². The average Bonchev–Trinajstić information content (AvgIpc) is 1.83. The maximum absolute atomic E-state index is 10.7. The number of aromatic nitrogens is 2. The SMILES string of the molecule is Cc1nc(N)ncc1P(=O)(O)O. The summed E-state index contributed by atoms with van der Waals surface area (Å²) in [5.74, 6) is 0.00435. The minimum absolute atomic E-state index is 0.00435. The summed E-state index contributed by atoms with van der Waals surface area (Å²) in [6.45, 7) is 1.46. The van der Waals surface area contributed by atoms with E-state index in [1.165, 1.54) is 6.92 Å². The molecule has 0 spiro atoms. The number of rotatable bonds is 1. The topological polar surface area (TPSA) is 109 Å². The van der Waals surface area contributed by atoms with E-state index in [4.69, 9.17) is 15.5 Å². The lowest BCUT2D eigenvalue weighted by Gasteiger charge is -2.05. The minimum atomic E-state index is -4.26. The van der Waals surface area contributed by atoms with Gasteiger partial charge in [0.05, 0.1) is 5.69 Å². The first-order chi connectivity index (χ1) is 5.41. The fourth-order valence-electron chi connectivity index (χ4n) is 0.765. The first-order valence-corrected chi connectivity index (χ1v) is 4.67. The zero-order valence-corrected chi connectivity index (χ0v) is 7.19. The van der Waals surface area contributed by atoms with Crippen LogP contribution < -0.4 is 11.0 Å². The van der Waals surface area contributed by atoms with E-state index in [0.717, 1.165) is 6.20 Å². The molecule has 66 valence electrons. The molecule has 4 N–H and O–H groups in total. The quantitative estimate of drug-likeness (QED) is 0.497. The van der Waals surface area contributed by atoms with Crippen LogP contribution in [0.15, 0.2) is 6.20 Å². The van der Waals surface area contributed by atoms with Crippen LogP contribution in [-0.2, 0) is 4.57 Å². The average molecular weight is 189 g/mol. The lowest BCUT2D eigenvalue weighted by Crippen LogP contribution is -2.13. The molecule has 0 aliphatic carbocycles. The second-order valence-electron chi connectivity index (χ2n) is 2.24. The highest BCUT2D eigenvalue weighted by Gasteiger charge is 2.20. The lowest BCUT2D eigenvalue weighted by molar-refractivity contribution is 0.387. The van der Waals surface area contributed by atoms with Gasteiger partial charge in [-0.1, -0.05) is 0 Å². The number of nitrogens with zero attached hydrogens (tertiary/aromatic N) is 2. The van der Waals surface area contributed by atoms with Crippen LogP contribution >= 0.6 is 7.60 Å². The van der Waals surface area contributed by atoms with Gasteiger partial charge in [0.15, 0.2) is 0 Å². The summed E-state index contributed by atoms with van der Waals surface area (Å²) in [6, 6.07) is 0. The number of nitrogens with two attached hydrogens (primary N) is 1. The van der Waals surface area contributed by atoms with E-state index in [2.05, 4.69) is 9.97 Å². The van der Waals surface area contributed by atoms with E-state index in [9.17, 15) is 4.57 Å². The third-order valence-electron chi connectivity index (χ3n) is 1.29. The van der Waals surface area contributed by atoms with Crippen molar-refractivity contribution in [2.24, 2.45) is 0 Å². The molecule has 6 nitrogen and oxygen atoms in total. The highest BCUT2D eigenvalue weighted by Crippen LogP contribution is 2.33. The molecule has 0 saturated carbocycles. The second-order valence-corrected chi connectivity index (χ2v) is 3.81. The zero-order chi connectivity index (χ0) is 9.35. The monoisotopic (exact) mass is 189 g/mol. The molecule has 1 heterocycles. The number of nitrogen functional groups attached to an aromatic ring is 1. The van der Waals surface area contributed by atoms with Gasteiger partial charge in [-0.2, -0.15) is 0 Å². The largest absolute Gasteiger partial charge is 0.368 e. The van der Waals surface area contributed by atoms with Gasteiger partial charge in [-0.05, 0) is 6.92 Å². The molecule has 0 aliphatic rings. The third kappa shape index (κ3) is 1.79. The molecule has 0 unspecified atom stereocenters. The summed E-state index contributed by atoms with van der Waals surface area (Å²) in [5.41, 5.74) is 5.40. The van der Waals surface area contributed by atoms with Crippen molar-refractivity contribution >= 4 is 18.8 Å².